The maximum absolute atomic E-state index is 5.02. The summed E-state index contributed by atoms with van der Waals surface area (Å²) in [5, 5.41) is 4.77. The highest BCUT2D eigenvalue weighted by atomic mass is 32.2. The van der Waals surface area contributed by atoms with Gasteiger partial charge in [0.15, 0.2) is 5.13 Å². The molecule has 0 aliphatic carbocycles. The van der Waals surface area contributed by atoms with Gasteiger partial charge in [0, 0.05) is 35.7 Å². The van der Waals surface area contributed by atoms with Crippen LogP contribution in [-0.2, 0) is 12.0 Å². The lowest BCUT2D eigenvalue weighted by Gasteiger charge is -2.19. The zero-order chi connectivity index (χ0) is 15.3. The zero-order valence-corrected chi connectivity index (χ0v) is 15.5. The zero-order valence-electron chi connectivity index (χ0n) is 13.9. The van der Waals surface area contributed by atoms with Crippen molar-refractivity contribution in [2.45, 2.75) is 52.5 Å². The third-order valence-electron chi connectivity index (χ3n) is 3.60. The van der Waals surface area contributed by atoms with Crippen LogP contribution < -0.4 is 10.2 Å². The molecule has 0 saturated carbocycles. The van der Waals surface area contributed by atoms with Gasteiger partial charge in [-0.3, -0.25) is 0 Å². The molecule has 1 aromatic rings. The van der Waals surface area contributed by atoms with Crippen LogP contribution in [0.3, 0.4) is 0 Å². The first-order chi connectivity index (χ1) is 10.0. The number of nitrogens with one attached hydrogen (secondary N) is 1. The van der Waals surface area contributed by atoms with Crippen LogP contribution in [0, 0.1) is 0 Å². The highest BCUT2D eigenvalue weighted by molar-refractivity contribution is 7.99. The second kappa shape index (κ2) is 7.84. The molecule has 0 unspecified atom stereocenters. The van der Waals surface area contributed by atoms with Gasteiger partial charge in [0.05, 0.1) is 5.69 Å². The van der Waals surface area contributed by atoms with Crippen LogP contribution >= 0.6 is 23.1 Å². The molecule has 21 heavy (non-hydrogen) atoms. The van der Waals surface area contributed by atoms with Crippen molar-refractivity contribution in [3.63, 3.8) is 0 Å². The van der Waals surface area contributed by atoms with E-state index in [4.69, 9.17) is 4.98 Å². The summed E-state index contributed by atoms with van der Waals surface area (Å²) in [5.41, 5.74) is 1.40. The molecule has 2 rings (SSSR count). The molecule has 0 aromatic carbocycles. The van der Waals surface area contributed by atoms with E-state index in [9.17, 15) is 0 Å². The summed E-state index contributed by atoms with van der Waals surface area (Å²) in [6.45, 7) is 13.4. The first-order valence-corrected chi connectivity index (χ1v) is 10.0. The molecular weight excluding hydrogens is 298 g/mol. The number of aromatic nitrogens is 1. The van der Waals surface area contributed by atoms with E-state index >= 15 is 0 Å². The van der Waals surface area contributed by atoms with Crippen LogP contribution in [0.25, 0.3) is 0 Å². The minimum absolute atomic E-state index is 0.124. The molecule has 1 aliphatic heterocycles. The molecule has 2 heterocycles. The van der Waals surface area contributed by atoms with Crippen molar-refractivity contribution in [2.24, 2.45) is 0 Å². The third-order valence-corrected chi connectivity index (χ3v) is 5.77. The van der Waals surface area contributed by atoms with Gasteiger partial charge in [-0.05, 0) is 25.1 Å². The fraction of sp³-hybridized carbons (Fsp3) is 0.812. The maximum atomic E-state index is 5.02. The van der Waals surface area contributed by atoms with Crippen LogP contribution in [0.5, 0.6) is 0 Å². The summed E-state index contributed by atoms with van der Waals surface area (Å²) in [5.74, 6) is 2.52. The molecule has 1 saturated heterocycles. The molecule has 0 amide bonds. The first-order valence-electron chi connectivity index (χ1n) is 8.06. The summed E-state index contributed by atoms with van der Waals surface area (Å²) in [6, 6.07) is 0. The first kappa shape index (κ1) is 17.1. The molecule has 3 nitrogen and oxygen atoms in total. The van der Waals surface area contributed by atoms with Gasteiger partial charge in [0.1, 0.15) is 0 Å². The van der Waals surface area contributed by atoms with Crippen molar-refractivity contribution in [2.75, 3.05) is 36.0 Å². The van der Waals surface area contributed by atoms with E-state index < -0.39 is 0 Å². The SMILES string of the molecule is CCCNCc1sc(N2CCCSCC2)nc1C(C)(C)C. The maximum Gasteiger partial charge on any atom is 0.185 e. The number of rotatable bonds is 5. The predicted molar refractivity (Wildman–Crippen MR) is 97.0 cm³/mol. The molecule has 120 valence electrons. The minimum Gasteiger partial charge on any atom is -0.347 e. The molecule has 0 spiro atoms. The molecule has 5 heteroatoms. The fourth-order valence-electron chi connectivity index (χ4n) is 2.50. The van der Waals surface area contributed by atoms with Crippen LogP contribution in [-0.4, -0.2) is 36.1 Å². The van der Waals surface area contributed by atoms with Crippen molar-refractivity contribution in [1.82, 2.24) is 10.3 Å². The van der Waals surface area contributed by atoms with Crippen molar-refractivity contribution < 1.29 is 0 Å². The van der Waals surface area contributed by atoms with Gasteiger partial charge in [0.2, 0.25) is 0 Å². The van der Waals surface area contributed by atoms with Gasteiger partial charge in [0.25, 0.3) is 0 Å². The monoisotopic (exact) mass is 327 g/mol. The highest BCUT2D eigenvalue weighted by Crippen LogP contribution is 2.34. The predicted octanol–water partition coefficient (Wildman–Crippen LogP) is 3.88. The molecule has 1 fully saturated rings. The average Bonchev–Trinajstić information content (AvgIpc) is 2.67. The van der Waals surface area contributed by atoms with Gasteiger partial charge >= 0.3 is 0 Å². The van der Waals surface area contributed by atoms with E-state index in [1.165, 1.54) is 40.0 Å². The molecule has 0 atom stereocenters. The second-order valence-corrected chi connectivity index (χ2v) is 8.93. The Hall–Kier alpha value is -0.260. The van der Waals surface area contributed by atoms with Gasteiger partial charge in [-0.25, -0.2) is 4.98 Å². The van der Waals surface area contributed by atoms with Crippen LogP contribution in [0.1, 0.15) is 51.1 Å². The standard InChI is InChI=1S/C16H29N3S2/c1-5-7-17-12-13-14(16(2,3)4)18-15(21-13)19-8-6-10-20-11-9-19/h17H,5-12H2,1-4H3. The Morgan fingerprint density at radius 1 is 1.24 bits per heavy atom. The van der Waals surface area contributed by atoms with Crippen molar-refractivity contribution >= 4 is 28.2 Å². The number of thiazole rings is 1. The molecule has 0 bridgehead atoms. The molecule has 0 radical (unpaired) electrons. The number of hydrogen-bond acceptors (Lipinski definition) is 5. The van der Waals surface area contributed by atoms with E-state index in [0.717, 1.165) is 26.2 Å². The van der Waals surface area contributed by atoms with Crippen molar-refractivity contribution in [3.05, 3.63) is 10.6 Å². The molecule has 1 aromatic heterocycles. The van der Waals surface area contributed by atoms with E-state index in [0.29, 0.717) is 0 Å². The second-order valence-electron chi connectivity index (χ2n) is 6.65. The Bertz CT molecular complexity index is 429. The Morgan fingerprint density at radius 3 is 2.76 bits per heavy atom. The Kier molecular flexibility index (Phi) is 6.38. The van der Waals surface area contributed by atoms with E-state index in [2.05, 4.69) is 49.7 Å². The summed E-state index contributed by atoms with van der Waals surface area (Å²) in [6.07, 6.45) is 2.46. The van der Waals surface area contributed by atoms with Crippen LogP contribution in [0.15, 0.2) is 0 Å². The summed E-state index contributed by atoms with van der Waals surface area (Å²) in [4.78, 5) is 8.93. The largest absolute Gasteiger partial charge is 0.347 e. The van der Waals surface area contributed by atoms with E-state index in [1.54, 1.807) is 0 Å². The van der Waals surface area contributed by atoms with Gasteiger partial charge in [-0.2, -0.15) is 11.8 Å². The van der Waals surface area contributed by atoms with E-state index in [-0.39, 0.29) is 5.41 Å². The quantitative estimate of drug-likeness (QED) is 0.831. The molecular formula is C16H29N3S2. The summed E-state index contributed by atoms with van der Waals surface area (Å²) in [7, 11) is 0. The Labute approximate surface area is 137 Å². The number of nitrogens with zero attached hydrogens (tertiary/aromatic N) is 2. The van der Waals surface area contributed by atoms with Crippen LogP contribution in [0.4, 0.5) is 5.13 Å². The third kappa shape index (κ3) is 4.86. The molecule has 1 N–H and O–H groups in total. The lowest BCUT2D eigenvalue weighted by atomic mass is 9.91. The minimum atomic E-state index is 0.124. The summed E-state index contributed by atoms with van der Waals surface area (Å²) >= 11 is 3.97. The number of hydrogen-bond donors (Lipinski definition) is 1. The van der Waals surface area contributed by atoms with Gasteiger partial charge in [-0.15, -0.1) is 11.3 Å². The smallest absolute Gasteiger partial charge is 0.185 e. The van der Waals surface area contributed by atoms with Gasteiger partial charge < -0.3 is 10.2 Å². The van der Waals surface area contributed by atoms with Crippen LogP contribution in [0.2, 0.25) is 0 Å². The number of thioether (sulfide) groups is 1. The molecule has 1 aliphatic rings. The van der Waals surface area contributed by atoms with Crippen molar-refractivity contribution in [3.8, 4) is 0 Å². The fourth-order valence-corrected chi connectivity index (χ4v) is 4.68. The van der Waals surface area contributed by atoms with Gasteiger partial charge in [-0.1, -0.05) is 27.7 Å². The topological polar surface area (TPSA) is 28.2 Å². The Balaban J connectivity index is 2.18. The summed E-state index contributed by atoms with van der Waals surface area (Å²) < 4.78 is 0. The lowest BCUT2D eigenvalue weighted by Crippen LogP contribution is -2.25. The van der Waals surface area contributed by atoms with Crippen molar-refractivity contribution in [1.29, 1.82) is 0 Å². The average molecular weight is 328 g/mol. The Morgan fingerprint density at radius 2 is 2.05 bits per heavy atom. The number of anilines is 1. The highest BCUT2D eigenvalue weighted by Gasteiger charge is 2.25. The lowest BCUT2D eigenvalue weighted by molar-refractivity contribution is 0.558. The van der Waals surface area contributed by atoms with E-state index in [1.807, 2.05) is 11.3 Å². The normalized spacial score (nSPS) is 17.0.